The maximum atomic E-state index is 11.8. The molecule has 1 heterocycles. The standard InChI is InChI=1S/C13H9N3O.ClH/c14-8-10-3-1-5-12(7-10)16-13(17)11-4-2-6-15-9-11;/h1-7,9H,(H,16,17);1H. The Hall–Kier alpha value is -2.38. The van der Waals surface area contributed by atoms with Crippen LogP contribution in [-0.4, -0.2) is 10.9 Å². The van der Waals surface area contributed by atoms with Crippen molar-refractivity contribution in [1.29, 1.82) is 5.26 Å². The highest BCUT2D eigenvalue weighted by atomic mass is 35.5. The maximum Gasteiger partial charge on any atom is 0.257 e. The molecule has 1 aromatic carbocycles. The predicted octanol–water partition coefficient (Wildman–Crippen LogP) is 2.63. The summed E-state index contributed by atoms with van der Waals surface area (Å²) in [6.45, 7) is 0. The molecule has 1 N–H and O–H groups in total. The van der Waals surface area contributed by atoms with E-state index in [0.717, 1.165) is 0 Å². The molecule has 0 unspecified atom stereocenters. The van der Waals surface area contributed by atoms with Crippen molar-refractivity contribution < 1.29 is 4.79 Å². The maximum absolute atomic E-state index is 11.8. The molecule has 0 saturated heterocycles. The molecular formula is C13H10ClN3O. The van der Waals surface area contributed by atoms with Crippen LogP contribution < -0.4 is 5.32 Å². The average Bonchev–Trinajstić information content (AvgIpc) is 2.40. The Morgan fingerprint density at radius 2 is 2.11 bits per heavy atom. The van der Waals surface area contributed by atoms with Gasteiger partial charge in [-0.15, -0.1) is 12.4 Å². The number of carbonyl (C=O) groups is 1. The smallest absolute Gasteiger partial charge is 0.257 e. The Morgan fingerprint density at radius 1 is 1.28 bits per heavy atom. The minimum absolute atomic E-state index is 0. The summed E-state index contributed by atoms with van der Waals surface area (Å²) in [6, 6.07) is 12.1. The Morgan fingerprint density at radius 3 is 2.78 bits per heavy atom. The van der Waals surface area contributed by atoms with Gasteiger partial charge in [0.05, 0.1) is 17.2 Å². The van der Waals surface area contributed by atoms with Crippen LogP contribution in [0.5, 0.6) is 0 Å². The summed E-state index contributed by atoms with van der Waals surface area (Å²) in [5, 5.41) is 11.4. The van der Waals surface area contributed by atoms with Crippen LogP contribution in [0.3, 0.4) is 0 Å². The van der Waals surface area contributed by atoms with Crippen LogP contribution >= 0.6 is 12.4 Å². The molecule has 4 nitrogen and oxygen atoms in total. The zero-order valence-corrected chi connectivity index (χ0v) is 10.1. The Labute approximate surface area is 111 Å². The van der Waals surface area contributed by atoms with E-state index in [2.05, 4.69) is 10.3 Å². The van der Waals surface area contributed by atoms with Gasteiger partial charge in [-0.3, -0.25) is 9.78 Å². The third kappa shape index (κ3) is 3.30. The second kappa shape index (κ2) is 6.38. The summed E-state index contributed by atoms with van der Waals surface area (Å²) in [5.74, 6) is -0.242. The number of benzene rings is 1. The van der Waals surface area contributed by atoms with Crippen molar-refractivity contribution in [2.75, 3.05) is 5.32 Å². The first-order valence-corrected chi connectivity index (χ1v) is 5.01. The lowest BCUT2D eigenvalue weighted by atomic mass is 10.2. The van der Waals surface area contributed by atoms with Crippen LogP contribution in [0.25, 0.3) is 0 Å². The molecule has 0 aliphatic heterocycles. The molecular weight excluding hydrogens is 250 g/mol. The molecule has 1 amide bonds. The van der Waals surface area contributed by atoms with Gasteiger partial charge < -0.3 is 5.32 Å². The van der Waals surface area contributed by atoms with E-state index in [4.69, 9.17) is 5.26 Å². The summed E-state index contributed by atoms with van der Waals surface area (Å²) in [7, 11) is 0. The first-order chi connectivity index (χ1) is 8.29. The van der Waals surface area contributed by atoms with Gasteiger partial charge in [-0.1, -0.05) is 6.07 Å². The van der Waals surface area contributed by atoms with E-state index in [1.807, 2.05) is 6.07 Å². The number of nitriles is 1. The second-order valence-corrected chi connectivity index (χ2v) is 3.39. The molecule has 18 heavy (non-hydrogen) atoms. The monoisotopic (exact) mass is 259 g/mol. The Balaban J connectivity index is 0.00000162. The number of halogens is 1. The van der Waals surface area contributed by atoms with Gasteiger partial charge in [0.25, 0.3) is 5.91 Å². The van der Waals surface area contributed by atoms with Crippen LogP contribution in [0.1, 0.15) is 15.9 Å². The lowest BCUT2D eigenvalue weighted by molar-refractivity contribution is 0.102. The van der Waals surface area contributed by atoms with Crippen LogP contribution in [0, 0.1) is 11.3 Å². The molecule has 0 spiro atoms. The van der Waals surface area contributed by atoms with Crippen molar-refractivity contribution >= 4 is 24.0 Å². The number of rotatable bonds is 2. The summed E-state index contributed by atoms with van der Waals surface area (Å²) in [4.78, 5) is 15.6. The minimum Gasteiger partial charge on any atom is -0.322 e. The lowest BCUT2D eigenvalue weighted by Crippen LogP contribution is -2.11. The van der Waals surface area contributed by atoms with E-state index >= 15 is 0 Å². The number of anilines is 1. The quantitative estimate of drug-likeness (QED) is 0.902. The van der Waals surface area contributed by atoms with Crippen LogP contribution in [0.15, 0.2) is 48.8 Å². The van der Waals surface area contributed by atoms with Crippen LogP contribution in [0.4, 0.5) is 5.69 Å². The Bertz CT molecular complexity index is 578. The first-order valence-electron chi connectivity index (χ1n) is 5.01. The van der Waals surface area contributed by atoms with Crippen molar-refractivity contribution in [1.82, 2.24) is 4.98 Å². The van der Waals surface area contributed by atoms with E-state index in [1.54, 1.807) is 42.6 Å². The van der Waals surface area contributed by atoms with Gasteiger partial charge in [-0.2, -0.15) is 5.26 Å². The number of carbonyl (C=O) groups excluding carboxylic acids is 1. The van der Waals surface area contributed by atoms with E-state index in [-0.39, 0.29) is 18.3 Å². The molecule has 0 saturated carbocycles. The third-order valence-corrected chi connectivity index (χ3v) is 2.17. The van der Waals surface area contributed by atoms with Crippen molar-refractivity contribution in [3.05, 3.63) is 59.9 Å². The highest BCUT2D eigenvalue weighted by Crippen LogP contribution is 2.11. The summed E-state index contributed by atoms with van der Waals surface area (Å²) in [5.41, 5.74) is 1.58. The van der Waals surface area contributed by atoms with E-state index in [9.17, 15) is 4.79 Å². The van der Waals surface area contributed by atoms with Gasteiger partial charge in [0.2, 0.25) is 0 Å². The SMILES string of the molecule is Cl.N#Cc1cccc(NC(=O)c2cccnc2)c1. The minimum atomic E-state index is -0.242. The van der Waals surface area contributed by atoms with Gasteiger partial charge >= 0.3 is 0 Å². The van der Waals surface area contributed by atoms with Crippen LogP contribution in [-0.2, 0) is 0 Å². The molecule has 90 valence electrons. The van der Waals surface area contributed by atoms with E-state index < -0.39 is 0 Å². The van der Waals surface area contributed by atoms with Crippen molar-refractivity contribution in [2.24, 2.45) is 0 Å². The van der Waals surface area contributed by atoms with Crippen molar-refractivity contribution in [2.45, 2.75) is 0 Å². The number of aromatic nitrogens is 1. The second-order valence-electron chi connectivity index (χ2n) is 3.39. The summed E-state index contributed by atoms with van der Waals surface area (Å²) >= 11 is 0. The third-order valence-electron chi connectivity index (χ3n) is 2.17. The number of amides is 1. The zero-order valence-electron chi connectivity index (χ0n) is 9.33. The highest BCUT2D eigenvalue weighted by molar-refractivity contribution is 6.04. The number of nitrogens with one attached hydrogen (secondary N) is 1. The lowest BCUT2D eigenvalue weighted by Gasteiger charge is -2.04. The fraction of sp³-hybridized carbons (Fsp3) is 0. The number of hydrogen-bond donors (Lipinski definition) is 1. The molecule has 0 atom stereocenters. The molecule has 0 aliphatic rings. The molecule has 5 heteroatoms. The normalized spacial score (nSPS) is 8.83. The molecule has 0 fully saturated rings. The van der Waals surface area contributed by atoms with Crippen LogP contribution in [0.2, 0.25) is 0 Å². The van der Waals surface area contributed by atoms with Gasteiger partial charge in [-0.05, 0) is 30.3 Å². The fourth-order valence-electron chi connectivity index (χ4n) is 1.37. The number of nitrogens with zero attached hydrogens (tertiary/aromatic N) is 2. The molecule has 0 bridgehead atoms. The first kappa shape index (κ1) is 13.7. The molecule has 0 aliphatic carbocycles. The molecule has 1 aromatic heterocycles. The van der Waals surface area contributed by atoms with Gasteiger partial charge in [0.15, 0.2) is 0 Å². The van der Waals surface area contributed by atoms with E-state index in [1.165, 1.54) is 6.20 Å². The number of pyridine rings is 1. The topological polar surface area (TPSA) is 65.8 Å². The largest absolute Gasteiger partial charge is 0.322 e. The number of hydrogen-bond acceptors (Lipinski definition) is 3. The van der Waals surface area contributed by atoms with E-state index in [0.29, 0.717) is 16.8 Å². The molecule has 2 rings (SSSR count). The fourth-order valence-corrected chi connectivity index (χ4v) is 1.37. The van der Waals surface area contributed by atoms with Crippen molar-refractivity contribution in [3.63, 3.8) is 0 Å². The molecule has 0 radical (unpaired) electrons. The van der Waals surface area contributed by atoms with Crippen molar-refractivity contribution in [3.8, 4) is 6.07 Å². The summed E-state index contributed by atoms with van der Waals surface area (Å²) in [6.07, 6.45) is 3.09. The van der Waals surface area contributed by atoms with Gasteiger partial charge in [-0.25, -0.2) is 0 Å². The predicted molar refractivity (Wildman–Crippen MR) is 70.6 cm³/mol. The zero-order chi connectivity index (χ0) is 12.1. The molecule has 2 aromatic rings. The van der Waals surface area contributed by atoms with Gasteiger partial charge in [0.1, 0.15) is 0 Å². The Kier molecular flexibility index (Phi) is 4.85. The average molecular weight is 260 g/mol. The van der Waals surface area contributed by atoms with Gasteiger partial charge in [0, 0.05) is 18.1 Å². The highest BCUT2D eigenvalue weighted by Gasteiger charge is 2.05. The summed E-state index contributed by atoms with van der Waals surface area (Å²) < 4.78 is 0.